The van der Waals surface area contributed by atoms with E-state index in [1.54, 1.807) is 47.5 Å². The second kappa shape index (κ2) is 27.5. The molecule has 2 aromatic carbocycles. The Kier molecular flexibility index (Phi) is 20.4. The first kappa shape index (κ1) is 57.9. The van der Waals surface area contributed by atoms with Crippen molar-refractivity contribution in [2.24, 2.45) is 0 Å². The average Bonchev–Trinajstić information content (AvgIpc) is 4.35. The minimum Gasteiger partial charge on any atom is -0.351 e. The fourth-order valence-electron chi connectivity index (χ4n) is 12.9. The summed E-state index contributed by atoms with van der Waals surface area (Å²) in [7, 11) is 3.32. The van der Waals surface area contributed by atoms with Crippen LogP contribution in [0.2, 0.25) is 0 Å². The molecule has 20 heteroatoms. The Balaban J connectivity index is 0.793. The lowest BCUT2D eigenvalue weighted by molar-refractivity contribution is -0.145. The van der Waals surface area contributed by atoms with E-state index in [-0.39, 0.29) is 96.6 Å². The van der Waals surface area contributed by atoms with E-state index in [1.807, 2.05) is 36.4 Å². The van der Waals surface area contributed by atoms with Gasteiger partial charge < -0.3 is 62.1 Å². The molecule has 20 nitrogen and oxygen atoms in total. The van der Waals surface area contributed by atoms with E-state index in [0.717, 1.165) is 51.4 Å². The number of rotatable bonds is 19. The van der Waals surface area contributed by atoms with Gasteiger partial charge in [-0.05, 0) is 116 Å². The molecule has 4 aliphatic heterocycles. The van der Waals surface area contributed by atoms with Crippen LogP contribution in [0.5, 0.6) is 0 Å². The number of hydrogen-bond acceptors (Lipinski definition) is 10. The van der Waals surface area contributed by atoms with Gasteiger partial charge in [-0.25, -0.2) is 9.59 Å². The number of unbranched alkanes of at least 4 members (excludes halogenated alkanes) is 3. The zero-order valence-corrected chi connectivity index (χ0v) is 46.3. The van der Waals surface area contributed by atoms with Crippen molar-refractivity contribution < 1.29 is 38.4 Å². The largest absolute Gasteiger partial charge is 0.351 e. The zero-order valence-electron chi connectivity index (χ0n) is 46.3. The van der Waals surface area contributed by atoms with E-state index in [0.29, 0.717) is 77.5 Å². The molecule has 0 bridgehead atoms. The number of carbonyl (C=O) groups is 8. The first-order valence-corrected chi connectivity index (χ1v) is 29.1. The van der Waals surface area contributed by atoms with Gasteiger partial charge in [-0.2, -0.15) is 0 Å². The van der Waals surface area contributed by atoms with Gasteiger partial charge in [0, 0.05) is 62.2 Å². The Labute approximate surface area is 460 Å². The van der Waals surface area contributed by atoms with Crippen LogP contribution in [-0.4, -0.2) is 181 Å². The summed E-state index contributed by atoms with van der Waals surface area (Å²) in [6.45, 7) is 4.80. The van der Waals surface area contributed by atoms with E-state index >= 15 is 0 Å². The summed E-state index contributed by atoms with van der Waals surface area (Å²) in [6, 6.07) is 14.6. The van der Waals surface area contributed by atoms with Gasteiger partial charge in [0.2, 0.25) is 35.4 Å². The Morgan fingerprint density at radius 1 is 0.500 bits per heavy atom. The molecule has 0 spiro atoms. The fourth-order valence-corrected chi connectivity index (χ4v) is 12.9. The van der Waals surface area contributed by atoms with Crippen LogP contribution in [-0.2, 0) is 28.8 Å². The number of benzene rings is 2. The molecule has 4 saturated heterocycles. The molecular weight excluding hydrogens is 993 g/mol. The van der Waals surface area contributed by atoms with Gasteiger partial charge in [-0.1, -0.05) is 86.3 Å². The van der Waals surface area contributed by atoms with E-state index in [4.69, 9.17) is 0 Å². The van der Waals surface area contributed by atoms with Gasteiger partial charge in [0.05, 0.1) is 25.2 Å². The van der Waals surface area contributed by atoms with Crippen molar-refractivity contribution in [1.29, 1.82) is 0 Å². The molecule has 78 heavy (non-hydrogen) atoms. The van der Waals surface area contributed by atoms with Crippen molar-refractivity contribution >= 4 is 47.5 Å². The Hall–Kier alpha value is -6.28. The van der Waals surface area contributed by atoms with E-state index in [2.05, 4.69) is 66.8 Å². The molecule has 0 aromatic heterocycles. The number of amides is 10. The lowest BCUT2D eigenvalue weighted by atomic mass is 9.94. The highest BCUT2D eigenvalue weighted by molar-refractivity contribution is 5.96. The Morgan fingerprint density at radius 2 is 0.897 bits per heavy atom. The maximum absolute atomic E-state index is 14.5. The monoisotopic (exact) mass is 1080 g/mol. The third-order valence-corrected chi connectivity index (χ3v) is 17.6. The summed E-state index contributed by atoms with van der Waals surface area (Å²) in [5.74, 6) is -1.39. The van der Waals surface area contributed by atoms with Crippen molar-refractivity contribution in [1.82, 2.24) is 62.1 Å². The van der Waals surface area contributed by atoms with Crippen LogP contribution in [0.1, 0.15) is 140 Å². The number of urea groups is 2. The Morgan fingerprint density at radius 3 is 1.28 bits per heavy atom. The van der Waals surface area contributed by atoms with Crippen LogP contribution in [0.3, 0.4) is 0 Å². The standard InChI is InChI=1S/C58H86N12O8/c1-37(59-3)51(71)65-47-35-67(33-29-41-25-27-49(69(41)55(47)75)53(73)63-45-23-15-21-43(45)39-17-9-7-10-18-39)57(77)61-31-13-5-6-14-32-62-58(78)68-34-30-42-26-28-50(70(42)56(76)48(36-68)66-52(72)38(2)60-4)54(74)64-46-24-16-22-44(46)40-19-11-8-12-20-40/h7-12,17-20,37-38,41-50,59-60H,5-6,13-16,21-36H2,1-4H3,(H,61,77)(H,62,78)(H,63,73)(H,64,74)(H,65,71)(H,66,72)/t37-,38-,41+,42+,43+,44+,45-,46-,47-,48-,49-,50-/m0/s1. The zero-order chi connectivity index (χ0) is 55.3. The molecule has 12 atom stereocenters. The Bertz CT molecular complexity index is 2240. The van der Waals surface area contributed by atoms with Crippen molar-refractivity contribution in [3.05, 3.63) is 71.8 Å². The summed E-state index contributed by atoms with van der Waals surface area (Å²) in [4.78, 5) is 118. The van der Waals surface area contributed by atoms with Crippen LogP contribution in [0.25, 0.3) is 0 Å². The molecule has 4 heterocycles. The number of hydrogen-bond donors (Lipinski definition) is 8. The van der Waals surface area contributed by atoms with Crippen LogP contribution >= 0.6 is 0 Å². The number of carbonyl (C=O) groups excluding carboxylic acids is 8. The third-order valence-electron chi connectivity index (χ3n) is 17.6. The summed E-state index contributed by atoms with van der Waals surface area (Å²) in [6.07, 6.45) is 11.9. The lowest BCUT2D eigenvalue weighted by Crippen LogP contribution is -2.63. The molecule has 2 aromatic rings. The molecule has 426 valence electrons. The molecule has 10 amide bonds. The number of nitrogens with one attached hydrogen (secondary N) is 8. The highest BCUT2D eigenvalue weighted by Gasteiger charge is 2.48. The predicted octanol–water partition coefficient (Wildman–Crippen LogP) is 3.19. The SMILES string of the molecule is CN[C@@H](C)C(=O)N[C@H]1CN(C(=O)NCCCCCCNC(=O)N2CC[C@H]3CC[C@@H](C(=O)N[C@H]4CCC[C@@H]4c4ccccc4)N3C(=O)[C@@H](NC(=O)[C@H](C)NC)C2)CC[C@H]2CC[C@@H](C(=O)N[C@H]3CCC[C@@H]3c3ccccc3)N2C1=O. The number of likely N-dealkylation sites (N-methyl/N-ethyl adjacent to an activating group) is 2. The highest BCUT2D eigenvalue weighted by atomic mass is 16.2. The molecule has 6 aliphatic rings. The highest BCUT2D eigenvalue weighted by Crippen LogP contribution is 2.38. The third kappa shape index (κ3) is 14.1. The minimum absolute atomic E-state index is 0.0270. The lowest BCUT2D eigenvalue weighted by Gasteiger charge is -2.39. The van der Waals surface area contributed by atoms with Crippen LogP contribution in [0.15, 0.2) is 60.7 Å². The molecule has 2 aliphatic carbocycles. The van der Waals surface area contributed by atoms with E-state index < -0.39 is 36.3 Å². The minimum atomic E-state index is -1.04. The first-order valence-electron chi connectivity index (χ1n) is 29.1. The second-order valence-corrected chi connectivity index (χ2v) is 22.6. The number of nitrogens with zero attached hydrogens (tertiary/aromatic N) is 4. The maximum Gasteiger partial charge on any atom is 0.317 e. The van der Waals surface area contributed by atoms with Crippen LogP contribution in [0, 0.1) is 0 Å². The average molecular weight is 1080 g/mol. The molecular formula is C58H86N12O8. The van der Waals surface area contributed by atoms with E-state index in [9.17, 15) is 38.4 Å². The molecule has 0 unspecified atom stereocenters. The molecule has 8 rings (SSSR count). The van der Waals surface area contributed by atoms with Crippen molar-refractivity contribution in [3.63, 3.8) is 0 Å². The maximum atomic E-state index is 14.5. The molecule has 0 radical (unpaired) electrons. The first-order chi connectivity index (χ1) is 37.8. The molecule has 6 fully saturated rings. The summed E-state index contributed by atoms with van der Waals surface area (Å²) < 4.78 is 0. The van der Waals surface area contributed by atoms with Gasteiger partial charge in [0.25, 0.3) is 0 Å². The van der Waals surface area contributed by atoms with Gasteiger partial charge in [-0.15, -0.1) is 0 Å². The van der Waals surface area contributed by atoms with Crippen molar-refractivity contribution in [2.45, 2.75) is 189 Å². The predicted molar refractivity (Wildman–Crippen MR) is 296 cm³/mol. The van der Waals surface area contributed by atoms with Crippen molar-refractivity contribution in [3.8, 4) is 0 Å². The van der Waals surface area contributed by atoms with Gasteiger partial charge >= 0.3 is 12.1 Å². The normalized spacial score (nSPS) is 28.0. The summed E-state index contributed by atoms with van der Waals surface area (Å²) in [5.41, 5.74) is 2.40. The van der Waals surface area contributed by atoms with Crippen LogP contribution in [0.4, 0.5) is 9.59 Å². The number of fused-ring (bicyclic) bond motifs is 2. The summed E-state index contributed by atoms with van der Waals surface area (Å²) >= 11 is 0. The second-order valence-electron chi connectivity index (χ2n) is 22.6. The molecule has 8 N–H and O–H groups in total. The van der Waals surface area contributed by atoms with Gasteiger partial charge in [-0.3, -0.25) is 28.8 Å². The van der Waals surface area contributed by atoms with Gasteiger partial charge in [0.15, 0.2) is 0 Å². The smallest absolute Gasteiger partial charge is 0.317 e. The molecule has 2 saturated carbocycles. The van der Waals surface area contributed by atoms with Crippen LogP contribution < -0.4 is 42.5 Å². The van der Waals surface area contributed by atoms with E-state index in [1.165, 1.54) is 11.1 Å². The summed E-state index contributed by atoms with van der Waals surface area (Å²) in [5, 5.41) is 24.3. The quantitative estimate of drug-likeness (QED) is 0.0956. The van der Waals surface area contributed by atoms with Crippen molar-refractivity contribution in [2.75, 3.05) is 53.4 Å². The fraction of sp³-hybridized carbons (Fsp3) is 0.655. The van der Waals surface area contributed by atoms with Gasteiger partial charge in [0.1, 0.15) is 24.2 Å². The topological polar surface area (TPSA) is 246 Å².